The molecule has 0 spiro atoms. The number of allylic oxidation sites excluding steroid dienone is 5. The lowest BCUT2D eigenvalue weighted by molar-refractivity contribution is -0.155. The van der Waals surface area contributed by atoms with Crippen LogP contribution in [-0.2, 0) is 63.8 Å². The van der Waals surface area contributed by atoms with Crippen LogP contribution in [0.5, 0.6) is 0 Å². The molecule has 97 heavy (non-hydrogen) atoms. The summed E-state index contributed by atoms with van der Waals surface area (Å²) in [5.74, 6) is -5.99. The Morgan fingerprint density at radius 2 is 0.876 bits per heavy atom. The minimum atomic E-state index is -2.78. The summed E-state index contributed by atoms with van der Waals surface area (Å²) in [7, 11) is -8.24. The van der Waals surface area contributed by atoms with Gasteiger partial charge >= 0.3 is 44.3 Å². The molecule has 20 nitrogen and oxygen atoms in total. The third-order valence-electron chi connectivity index (χ3n) is 21.1. The van der Waals surface area contributed by atoms with E-state index < -0.39 is 79.3 Å². The van der Waals surface area contributed by atoms with Crippen LogP contribution in [0.2, 0.25) is 18.1 Å². The van der Waals surface area contributed by atoms with E-state index in [1.54, 1.807) is 0 Å². The molecule has 12 atom stereocenters. The largest absolute Gasteiger partial charge is 0.500 e. The highest BCUT2D eigenvalue weighted by atomic mass is 28.4. The zero-order valence-electron chi connectivity index (χ0n) is 65.7. The Labute approximate surface area is 591 Å². The van der Waals surface area contributed by atoms with Gasteiger partial charge in [-0.3, -0.25) is 24.0 Å². The van der Waals surface area contributed by atoms with E-state index in [2.05, 4.69) is 137 Å². The summed E-state index contributed by atoms with van der Waals surface area (Å²) in [5.41, 5.74) is -0.213. The van der Waals surface area contributed by atoms with E-state index >= 15 is 0 Å². The highest BCUT2D eigenvalue weighted by Crippen LogP contribution is 2.52. The van der Waals surface area contributed by atoms with Crippen LogP contribution in [0.25, 0.3) is 0 Å². The van der Waals surface area contributed by atoms with Crippen LogP contribution in [0, 0.1) is 98.1 Å². The lowest BCUT2D eigenvalue weighted by atomic mass is 9.55. The number of carboxylic acid groups (broad SMARTS) is 3. The second-order valence-corrected chi connectivity index (χ2v) is 38.9. The number of aliphatic carboxylic acids is 3. The Morgan fingerprint density at radius 1 is 0.515 bits per heavy atom. The van der Waals surface area contributed by atoms with Gasteiger partial charge in [-0.2, -0.15) is 0 Å². The second kappa shape index (κ2) is 41.8. The number of carbonyl (C=O) groups excluding carboxylic acids is 2. The summed E-state index contributed by atoms with van der Waals surface area (Å²) in [6.45, 7) is 61.3. The Hall–Kier alpha value is -3.18. The monoisotopic (exact) mass is 1430 g/mol. The number of carboxylic acids is 3. The van der Waals surface area contributed by atoms with Crippen molar-refractivity contribution in [1.82, 2.24) is 16.0 Å². The molecule has 0 saturated heterocycles. The van der Waals surface area contributed by atoms with E-state index in [-0.39, 0.29) is 75.0 Å². The maximum absolute atomic E-state index is 13.5. The number of hydrogen-bond donors (Lipinski definition) is 6. The van der Waals surface area contributed by atoms with Crippen molar-refractivity contribution in [2.45, 2.75) is 230 Å². The average Bonchev–Trinajstić information content (AvgIpc) is 0.769. The molecule has 3 aliphatic rings. The van der Waals surface area contributed by atoms with Gasteiger partial charge in [0.05, 0.1) is 29.6 Å². The van der Waals surface area contributed by atoms with Crippen LogP contribution in [-0.4, -0.2) is 157 Å². The third-order valence-corrected chi connectivity index (χ3v) is 30.5. The van der Waals surface area contributed by atoms with Gasteiger partial charge in [0.2, 0.25) is 11.8 Å². The molecule has 23 heteroatoms. The standard InChI is InChI=1S/2C25H47NO6Si.C24H47NO5Si/c1-10-30-33(31-11-2,32-12-3)17-13-16-26-22(27)20-19(25(8,9)18(4)5)14-15-24(6,7)21(20)23(28)29;1-10-30-33(31-11-2,32-12-3)15-13-14-26-23(27)22-20(19(6)25(7,8)9)16-17(4)18(5)21(22)24(28)29;1-10-28-31(29-11-2,30-12-3)17-13-16-25-21-20(22(26)27)19(23(6,7)8)14-15-24(21,9)18(4)5/h14-15,18-21H,10-13,16-17H2,1-9H3,(H,26,27)(H,28,29);16,18-22H,10-15H2,1-9H3,(H,26,27)(H,28,29);14-15,18-21,25H,10-13,16-17H2,1-9H3,(H,26,27). The first kappa shape index (κ1) is 91.8. The average molecular weight is 1430 g/mol. The van der Waals surface area contributed by atoms with Crippen LogP contribution in [0.3, 0.4) is 0 Å². The van der Waals surface area contributed by atoms with Crippen molar-refractivity contribution in [3.05, 3.63) is 36.0 Å². The highest BCUT2D eigenvalue weighted by Gasteiger charge is 2.55. The maximum atomic E-state index is 13.5. The number of carbonyl (C=O) groups is 5. The maximum Gasteiger partial charge on any atom is 0.500 e. The van der Waals surface area contributed by atoms with Crippen molar-refractivity contribution in [3.8, 4) is 0 Å². The topological polar surface area (TPSA) is 265 Å². The molecule has 3 rings (SSSR count). The first-order valence-electron chi connectivity index (χ1n) is 36.8. The molecular formula is C74H141N3O17Si3. The first-order valence-corrected chi connectivity index (χ1v) is 42.6. The number of amides is 2. The van der Waals surface area contributed by atoms with Crippen molar-refractivity contribution in [1.29, 1.82) is 0 Å². The molecule has 0 aromatic heterocycles. The normalized spacial score (nSPS) is 24.9. The van der Waals surface area contributed by atoms with Crippen LogP contribution >= 0.6 is 0 Å². The molecule has 0 radical (unpaired) electrons. The van der Waals surface area contributed by atoms with Crippen molar-refractivity contribution in [2.75, 3.05) is 79.1 Å². The number of nitrogens with one attached hydrogen (secondary N) is 3. The first-order chi connectivity index (χ1) is 45.0. The van der Waals surface area contributed by atoms with Crippen LogP contribution < -0.4 is 16.0 Å². The summed E-state index contributed by atoms with van der Waals surface area (Å²) in [6.07, 6.45) is 12.7. The van der Waals surface area contributed by atoms with E-state index in [9.17, 15) is 39.3 Å². The van der Waals surface area contributed by atoms with Crippen molar-refractivity contribution in [3.63, 3.8) is 0 Å². The molecule has 0 aromatic carbocycles. The summed E-state index contributed by atoms with van der Waals surface area (Å²) >= 11 is 0. The molecule has 0 fully saturated rings. The van der Waals surface area contributed by atoms with Gasteiger partial charge in [-0.25, -0.2) is 0 Å². The van der Waals surface area contributed by atoms with Gasteiger partial charge in [-0.05, 0) is 158 Å². The van der Waals surface area contributed by atoms with E-state index in [1.165, 1.54) is 0 Å². The van der Waals surface area contributed by atoms with Gasteiger partial charge in [0.25, 0.3) is 0 Å². The smallest absolute Gasteiger partial charge is 0.481 e. The zero-order valence-corrected chi connectivity index (χ0v) is 68.7. The lowest BCUT2D eigenvalue weighted by Gasteiger charge is -2.50. The van der Waals surface area contributed by atoms with Gasteiger partial charge in [-0.15, -0.1) is 0 Å². The predicted octanol–water partition coefficient (Wildman–Crippen LogP) is 14.5. The Bertz CT molecular complexity index is 2410. The quantitative estimate of drug-likeness (QED) is 0.0189. The minimum absolute atomic E-state index is 0.0296. The fraction of sp³-hybridized carbons (Fsp3) is 0.851. The van der Waals surface area contributed by atoms with Crippen molar-refractivity contribution in [2.24, 2.45) is 98.1 Å². The molecule has 0 bridgehead atoms. The Balaban J connectivity index is 0.000000728. The molecule has 12 unspecified atom stereocenters. The predicted molar refractivity (Wildman–Crippen MR) is 393 cm³/mol. The fourth-order valence-electron chi connectivity index (χ4n) is 14.2. The molecule has 0 aliphatic heterocycles. The molecule has 6 N–H and O–H groups in total. The van der Waals surface area contributed by atoms with E-state index in [0.717, 1.165) is 18.0 Å². The number of rotatable bonds is 40. The fourth-order valence-corrected chi connectivity index (χ4v) is 22.1. The third kappa shape index (κ3) is 26.2. The van der Waals surface area contributed by atoms with Gasteiger partial charge in [0.1, 0.15) is 0 Å². The van der Waals surface area contributed by atoms with Gasteiger partial charge in [-0.1, -0.05) is 154 Å². The molecule has 0 aromatic rings. The summed E-state index contributed by atoms with van der Waals surface area (Å²) in [6, 6.07) is 1.77. The highest BCUT2D eigenvalue weighted by molar-refractivity contribution is 6.61. The molecule has 0 heterocycles. The SMILES string of the molecule is CCO[Si](CCCNC(=O)C1C(C(=O)O)C(C)(C)C=CC1C(C)(C)C(C)C)(OCC)OCC.CCO[Si](CCCNC(=O)C1C(C(C)C(C)(C)C)C=C(C)C(C)C1C(=O)O)(OCC)OCC.CCO[Si](CCCNC1C(C(=O)O)C(C(C)(C)C)C=CC1(C)C(C)C)(OCC)OCC. The Kier molecular flexibility index (Phi) is 39.6. The van der Waals surface area contributed by atoms with E-state index in [4.69, 9.17) is 39.8 Å². The molecule has 2 amide bonds. The van der Waals surface area contributed by atoms with Gasteiger partial charge in [0, 0.05) is 102 Å². The van der Waals surface area contributed by atoms with Crippen LogP contribution in [0.1, 0.15) is 206 Å². The summed E-state index contributed by atoms with van der Waals surface area (Å²) in [4.78, 5) is 64.0. The lowest BCUT2D eigenvalue weighted by Crippen LogP contribution is -2.58. The van der Waals surface area contributed by atoms with Crippen LogP contribution in [0.4, 0.5) is 0 Å². The van der Waals surface area contributed by atoms with Crippen molar-refractivity contribution < 1.29 is 79.1 Å². The Morgan fingerprint density at radius 3 is 1.20 bits per heavy atom. The molecule has 0 saturated carbocycles. The zero-order chi connectivity index (χ0) is 74.7. The van der Waals surface area contributed by atoms with Gasteiger partial charge < -0.3 is 71.1 Å². The van der Waals surface area contributed by atoms with E-state index in [0.29, 0.717) is 110 Å². The number of hydrogen-bond acceptors (Lipinski definition) is 15. The van der Waals surface area contributed by atoms with Crippen molar-refractivity contribution >= 4 is 56.1 Å². The summed E-state index contributed by atoms with van der Waals surface area (Å²) < 4.78 is 53.2. The van der Waals surface area contributed by atoms with Crippen LogP contribution in [0.15, 0.2) is 36.0 Å². The molecule has 3 aliphatic carbocycles. The summed E-state index contributed by atoms with van der Waals surface area (Å²) in [5, 5.41) is 40.1. The minimum Gasteiger partial charge on any atom is -0.481 e. The van der Waals surface area contributed by atoms with Gasteiger partial charge in [0.15, 0.2) is 0 Å². The molecule has 566 valence electrons. The molecular weight excluding hydrogens is 1290 g/mol. The van der Waals surface area contributed by atoms with E-state index in [1.807, 2.05) is 96.1 Å². The second-order valence-electron chi connectivity index (χ2n) is 30.8.